The average Bonchev–Trinajstić information content (AvgIpc) is 2.04. The minimum atomic E-state index is -0.941. The van der Waals surface area contributed by atoms with Gasteiger partial charge in [-0.15, -0.1) is 11.6 Å². The first-order valence-electron chi connectivity index (χ1n) is 4.63. The number of carbonyl (C=O) groups is 1. The molecular weight excluding hydrogens is 190 g/mol. The largest absolute Gasteiger partial charge is 0.480 e. The Hall–Kier alpha value is -0.280. The van der Waals surface area contributed by atoms with Gasteiger partial charge in [0, 0.05) is 6.54 Å². The van der Waals surface area contributed by atoms with Crippen molar-refractivity contribution in [1.82, 2.24) is 4.90 Å². The molecule has 0 fully saturated rings. The van der Waals surface area contributed by atoms with Crippen LogP contribution in [0.25, 0.3) is 0 Å². The zero-order valence-corrected chi connectivity index (χ0v) is 9.05. The lowest BCUT2D eigenvalue weighted by Crippen LogP contribution is -2.31. The summed E-state index contributed by atoms with van der Waals surface area (Å²) in [6, 6.07) is 0. The highest BCUT2D eigenvalue weighted by Gasteiger charge is 2.15. The van der Waals surface area contributed by atoms with Gasteiger partial charge in [-0.2, -0.15) is 0 Å². The third-order valence-corrected chi connectivity index (χ3v) is 2.21. The van der Waals surface area contributed by atoms with E-state index in [4.69, 9.17) is 16.7 Å². The summed E-state index contributed by atoms with van der Waals surface area (Å²) in [5.74, 6) is -0.941. The maximum Gasteiger partial charge on any atom is 0.322 e. The Morgan fingerprint density at radius 2 is 2.15 bits per heavy atom. The monoisotopic (exact) mass is 207 g/mol. The first kappa shape index (κ1) is 12.7. The molecule has 0 saturated carbocycles. The van der Waals surface area contributed by atoms with Crippen LogP contribution < -0.4 is 0 Å². The van der Waals surface area contributed by atoms with Gasteiger partial charge in [-0.3, -0.25) is 4.79 Å². The van der Waals surface area contributed by atoms with Crippen LogP contribution in [0.2, 0.25) is 0 Å². The Kier molecular flexibility index (Phi) is 7.00. The molecule has 0 aliphatic rings. The molecule has 0 aromatic heterocycles. The average molecular weight is 208 g/mol. The Morgan fingerprint density at radius 3 is 2.62 bits per heavy atom. The molecule has 0 aromatic rings. The van der Waals surface area contributed by atoms with E-state index in [-0.39, 0.29) is 0 Å². The predicted octanol–water partition coefficient (Wildman–Crippen LogP) is 1.80. The molecule has 1 N–H and O–H groups in total. The fourth-order valence-electron chi connectivity index (χ4n) is 1.07. The Balaban J connectivity index is 3.49. The fourth-order valence-corrected chi connectivity index (χ4v) is 1.31. The van der Waals surface area contributed by atoms with E-state index in [1.807, 2.05) is 11.9 Å². The quantitative estimate of drug-likeness (QED) is 0.511. The zero-order valence-electron chi connectivity index (χ0n) is 8.29. The van der Waals surface area contributed by atoms with Gasteiger partial charge in [0.2, 0.25) is 0 Å². The van der Waals surface area contributed by atoms with Gasteiger partial charge in [-0.25, -0.2) is 0 Å². The molecule has 0 aliphatic heterocycles. The van der Waals surface area contributed by atoms with E-state index >= 15 is 0 Å². The number of aliphatic carboxylic acids is 1. The summed E-state index contributed by atoms with van der Waals surface area (Å²) in [5.41, 5.74) is 0. The van der Waals surface area contributed by atoms with Gasteiger partial charge in [0.05, 0.1) is 0 Å². The molecule has 0 saturated heterocycles. The van der Waals surface area contributed by atoms with Crippen LogP contribution in [0, 0.1) is 0 Å². The second-order valence-corrected chi connectivity index (χ2v) is 3.80. The molecule has 78 valence electrons. The van der Waals surface area contributed by atoms with Gasteiger partial charge >= 0.3 is 5.97 Å². The maximum absolute atomic E-state index is 10.4. The lowest BCUT2D eigenvalue weighted by molar-refractivity contribution is -0.136. The van der Waals surface area contributed by atoms with Crippen LogP contribution in [-0.2, 0) is 4.79 Å². The molecule has 1 atom stereocenters. The molecule has 3 nitrogen and oxygen atoms in total. The van der Waals surface area contributed by atoms with Crippen LogP contribution in [0.15, 0.2) is 0 Å². The summed E-state index contributed by atoms with van der Waals surface area (Å²) in [5, 5.41) is 7.76. The molecule has 0 aromatic carbocycles. The van der Waals surface area contributed by atoms with Crippen molar-refractivity contribution in [3.8, 4) is 0 Å². The van der Waals surface area contributed by atoms with Gasteiger partial charge in [0.25, 0.3) is 0 Å². The van der Waals surface area contributed by atoms with Gasteiger partial charge in [0.15, 0.2) is 0 Å². The smallest absolute Gasteiger partial charge is 0.322 e. The Morgan fingerprint density at radius 1 is 1.54 bits per heavy atom. The molecule has 1 unspecified atom stereocenters. The van der Waals surface area contributed by atoms with Crippen LogP contribution in [-0.4, -0.2) is 41.5 Å². The van der Waals surface area contributed by atoms with Crippen LogP contribution in [0.3, 0.4) is 0 Å². The van der Waals surface area contributed by atoms with Gasteiger partial charge < -0.3 is 10.0 Å². The number of hydrogen-bond donors (Lipinski definition) is 1. The normalized spacial score (nSPS) is 13.2. The summed E-state index contributed by atoms with van der Waals surface area (Å²) < 4.78 is 0. The lowest BCUT2D eigenvalue weighted by Gasteiger charge is -2.17. The van der Waals surface area contributed by atoms with Crippen LogP contribution in [0.4, 0.5) is 0 Å². The third kappa shape index (κ3) is 6.84. The highest BCUT2D eigenvalue weighted by molar-refractivity contribution is 6.29. The third-order valence-electron chi connectivity index (χ3n) is 1.88. The Bertz CT molecular complexity index is 153. The number of alkyl halides is 1. The van der Waals surface area contributed by atoms with Crippen molar-refractivity contribution in [3.05, 3.63) is 0 Å². The maximum atomic E-state index is 10.4. The number of rotatable bonds is 7. The molecule has 0 aliphatic carbocycles. The van der Waals surface area contributed by atoms with E-state index in [1.54, 1.807) is 0 Å². The zero-order chi connectivity index (χ0) is 10.3. The van der Waals surface area contributed by atoms with E-state index < -0.39 is 11.3 Å². The van der Waals surface area contributed by atoms with Crippen molar-refractivity contribution in [2.45, 2.75) is 31.6 Å². The molecule has 0 radical (unpaired) electrons. The highest BCUT2D eigenvalue weighted by Crippen LogP contribution is 2.01. The molecule has 13 heavy (non-hydrogen) atoms. The summed E-state index contributed by atoms with van der Waals surface area (Å²) in [4.78, 5) is 12.4. The summed E-state index contributed by atoms with van der Waals surface area (Å²) in [6.07, 6.45) is 3.47. The first-order chi connectivity index (χ1) is 6.07. The summed E-state index contributed by atoms with van der Waals surface area (Å²) in [7, 11) is 1.90. The van der Waals surface area contributed by atoms with E-state index in [0.29, 0.717) is 6.54 Å². The number of halogens is 1. The molecule has 0 heterocycles. The number of nitrogens with zero attached hydrogens (tertiary/aromatic N) is 1. The van der Waals surface area contributed by atoms with Crippen molar-refractivity contribution < 1.29 is 9.90 Å². The van der Waals surface area contributed by atoms with E-state index in [9.17, 15) is 4.79 Å². The number of unbranched alkanes of at least 4 members (excludes halogenated alkanes) is 2. The Labute approximate surface area is 84.7 Å². The predicted molar refractivity (Wildman–Crippen MR) is 54.3 cm³/mol. The SMILES string of the molecule is CCCCCN(C)CC(Cl)C(=O)O. The lowest BCUT2D eigenvalue weighted by atomic mass is 10.2. The van der Waals surface area contributed by atoms with Crippen molar-refractivity contribution in [3.63, 3.8) is 0 Å². The van der Waals surface area contributed by atoms with Gasteiger partial charge in [0.1, 0.15) is 5.38 Å². The van der Waals surface area contributed by atoms with Crippen molar-refractivity contribution >= 4 is 17.6 Å². The van der Waals surface area contributed by atoms with E-state index in [1.165, 1.54) is 12.8 Å². The summed E-state index contributed by atoms with van der Waals surface area (Å²) in [6.45, 7) is 3.48. The molecule has 0 amide bonds. The van der Waals surface area contributed by atoms with Crippen molar-refractivity contribution in [1.29, 1.82) is 0 Å². The van der Waals surface area contributed by atoms with Crippen LogP contribution in [0.5, 0.6) is 0 Å². The highest BCUT2D eigenvalue weighted by atomic mass is 35.5. The minimum Gasteiger partial charge on any atom is -0.480 e. The summed E-state index contributed by atoms with van der Waals surface area (Å²) >= 11 is 5.58. The number of hydrogen-bond acceptors (Lipinski definition) is 2. The molecular formula is C9H18ClNO2. The van der Waals surface area contributed by atoms with E-state index in [2.05, 4.69) is 6.92 Å². The standard InChI is InChI=1S/C9H18ClNO2/c1-3-4-5-6-11(2)7-8(10)9(12)13/h8H,3-7H2,1-2H3,(H,12,13). The fraction of sp³-hybridized carbons (Fsp3) is 0.889. The second-order valence-electron chi connectivity index (χ2n) is 3.28. The molecule has 4 heteroatoms. The second kappa shape index (κ2) is 7.15. The van der Waals surface area contributed by atoms with Crippen molar-refractivity contribution in [2.75, 3.05) is 20.1 Å². The van der Waals surface area contributed by atoms with Gasteiger partial charge in [-0.1, -0.05) is 19.8 Å². The topological polar surface area (TPSA) is 40.5 Å². The van der Waals surface area contributed by atoms with Crippen molar-refractivity contribution in [2.24, 2.45) is 0 Å². The molecule has 0 spiro atoms. The number of carboxylic acid groups (broad SMARTS) is 1. The first-order valence-corrected chi connectivity index (χ1v) is 5.07. The van der Waals surface area contributed by atoms with E-state index in [0.717, 1.165) is 13.0 Å². The molecule has 0 rings (SSSR count). The molecule has 0 bridgehead atoms. The van der Waals surface area contributed by atoms with Crippen LogP contribution >= 0.6 is 11.6 Å². The van der Waals surface area contributed by atoms with Gasteiger partial charge in [-0.05, 0) is 20.0 Å². The van der Waals surface area contributed by atoms with Crippen LogP contribution in [0.1, 0.15) is 26.2 Å². The minimum absolute atomic E-state index is 0.417. The number of carboxylic acids is 1.